The van der Waals surface area contributed by atoms with Crippen molar-refractivity contribution in [2.45, 2.75) is 18.8 Å². The number of nitrogens with one attached hydrogen (secondary N) is 1. The number of hydroxylamine groups is 1. The first-order valence-electron chi connectivity index (χ1n) is 5.90. The molecule has 1 atom stereocenters. The number of anilines is 1. The van der Waals surface area contributed by atoms with Gasteiger partial charge in [0.1, 0.15) is 0 Å². The minimum atomic E-state index is -0.544. The van der Waals surface area contributed by atoms with Crippen LogP contribution in [0.5, 0.6) is 0 Å². The molecule has 0 aliphatic carbocycles. The highest BCUT2D eigenvalue weighted by Gasteiger charge is 2.42. The van der Waals surface area contributed by atoms with Crippen LogP contribution in [0.15, 0.2) is 24.3 Å². The van der Waals surface area contributed by atoms with Crippen LogP contribution < -0.4 is 10.4 Å². The fourth-order valence-electron chi connectivity index (χ4n) is 2.56. The lowest BCUT2D eigenvalue weighted by atomic mass is 9.81. The number of amides is 2. The van der Waals surface area contributed by atoms with E-state index in [1.165, 1.54) is 12.0 Å². The molecule has 0 saturated heterocycles. The van der Waals surface area contributed by atoms with E-state index in [9.17, 15) is 9.59 Å². The summed E-state index contributed by atoms with van der Waals surface area (Å²) in [5.74, 6) is -0.482. The quantitative estimate of drug-likeness (QED) is 0.625. The van der Waals surface area contributed by atoms with E-state index < -0.39 is 17.4 Å². The van der Waals surface area contributed by atoms with Crippen LogP contribution in [0.1, 0.15) is 18.9 Å². The van der Waals surface area contributed by atoms with Crippen LogP contribution in [0.2, 0.25) is 0 Å². The van der Waals surface area contributed by atoms with Crippen LogP contribution in [0, 0.1) is 0 Å². The number of ether oxygens (including phenoxy) is 1. The summed E-state index contributed by atoms with van der Waals surface area (Å²) >= 11 is 0. The molecule has 0 spiro atoms. The van der Waals surface area contributed by atoms with Crippen molar-refractivity contribution >= 4 is 17.7 Å². The number of methoxy groups -OCH3 is 1. The fraction of sp³-hybridized carbons (Fsp3) is 0.385. The molecule has 1 aliphatic rings. The number of nitrogens with zero attached hydrogens (tertiary/aromatic N) is 1. The smallest absolute Gasteiger partial charge is 0.414 e. The van der Waals surface area contributed by atoms with Crippen molar-refractivity contribution in [2.24, 2.45) is 0 Å². The summed E-state index contributed by atoms with van der Waals surface area (Å²) in [6.45, 7) is 2.22. The predicted molar refractivity (Wildman–Crippen MR) is 68.1 cm³/mol. The molecule has 1 aliphatic heterocycles. The molecule has 0 saturated carbocycles. The number of hydrogen-bond donors (Lipinski definition) is 2. The molecule has 2 amide bonds. The lowest BCUT2D eigenvalue weighted by molar-refractivity contribution is -0.130. The van der Waals surface area contributed by atoms with Gasteiger partial charge in [0, 0.05) is 18.4 Å². The molecule has 2 rings (SSSR count). The molecule has 102 valence electrons. The summed E-state index contributed by atoms with van der Waals surface area (Å²) in [5.41, 5.74) is 2.72. The van der Waals surface area contributed by atoms with E-state index in [0.29, 0.717) is 6.54 Å². The van der Waals surface area contributed by atoms with Crippen molar-refractivity contribution in [1.29, 1.82) is 0 Å². The van der Waals surface area contributed by atoms with Crippen LogP contribution >= 0.6 is 0 Å². The standard InChI is InChI=1S/C13H16N2O4/c1-13(7-11(16)14-18)8-15(12(17)19-2)10-6-4-3-5-9(10)13/h3-6,18H,7-8H2,1-2H3,(H,14,16). The first-order chi connectivity index (χ1) is 9.01. The molecule has 1 unspecified atom stereocenters. The largest absolute Gasteiger partial charge is 0.452 e. The van der Waals surface area contributed by atoms with E-state index in [2.05, 4.69) is 0 Å². The van der Waals surface area contributed by atoms with E-state index in [1.807, 2.05) is 31.2 Å². The second-order valence-electron chi connectivity index (χ2n) is 4.85. The SMILES string of the molecule is COC(=O)N1CC(C)(CC(=O)NO)c2ccccc21. The lowest BCUT2D eigenvalue weighted by Gasteiger charge is -2.24. The fourth-order valence-corrected chi connectivity index (χ4v) is 2.56. The van der Waals surface area contributed by atoms with Crippen LogP contribution in [0.4, 0.5) is 10.5 Å². The zero-order valence-electron chi connectivity index (χ0n) is 10.8. The Morgan fingerprint density at radius 2 is 2.16 bits per heavy atom. The Kier molecular flexibility index (Phi) is 3.44. The Hall–Kier alpha value is -2.08. The molecule has 1 aromatic carbocycles. The van der Waals surface area contributed by atoms with Crippen LogP contribution in [-0.4, -0.2) is 30.9 Å². The maximum atomic E-state index is 11.8. The third-order valence-electron chi connectivity index (χ3n) is 3.42. The molecule has 0 radical (unpaired) electrons. The molecule has 1 aromatic rings. The predicted octanol–water partition coefficient (Wildman–Crippen LogP) is 1.43. The van der Waals surface area contributed by atoms with Gasteiger partial charge in [0.05, 0.1) is 12.8 Å². The van der Waals surface area contributed by atoms with Gasteiger partial charge in [-0.1, -0.05) is 25.1 Å². The van der Waals surface area contributed by atoms with Gasteiger partial charge in [0.2, 0.25) is 5.91 Å². The molecule has 1 heterocycles. The van der Waals surface area contributed by atoms with E-state index in [-0.39, 0.29) is 6.42 Å². The highest BCUT2D eigenvalue weighted by Crippen LogP contribution is 2.42. The van der Waals surface area contributed by atoms with Gasteiger partial charge in [-0.05, 0) is 11.6 Å². The van der Waals surface area contributed by atoms with Crippen molar-refractivity contribution in [3.63, 3.8) is 0 Å². The summed E-state index contributed by atoms with van der Waals surface area (Å²) in [4.78, 5) is 24.7. The number of fused-ring (bicyclic) bond motifs is 1. The molecular weight excluding hydrogens is 248 g/mol. The van der Waals surface area contributed by atoms with Gasteiger partial charge in [-0.15, -0.1) is 0 Å². The highest BCUT2D eigenvalue weighted by molar-refractivity contribution is 5.92. The van der Waals surface area contributed by atoms with E-state index in [4.69, 9.17) is 9.94 Å². The van der Waals surface area contributed by atoms with Gasteiger partial charge < -0.3 is 4.74 Å². The molecule has 0 bridgehead atoms. The summed E-state index contributed by atoms with van der Waals surface area (Å²) in [7, 11) is 1.32. The summed E-state index contributed by atoms with van der Waals surface area (Å²) in [5, 5.41) is 8.67. The van der Waals surface area contributed by atoms with Gasteiger partial charge >= 0.3 is 6.09 Å². The van der Waals surface area contributed by atoms with Crippen molar-refractivity contribution in [1.82, 2.24) is 5.48 Å². The second kappa shape index (κ2) is 4.89. The van der Waals surface area contributed by atoms with Crippen LogP contribution in [0.25, 0.3) is 0 Å². The Labute approximate surface area is 110 Å². The number of hydrogen-bond acceptors (Lipinski definition) is 4. The van der Waals surface area contributed by atoms with Gasteiger partial charge in [-0.25, -0.2) is 10.3 Å². The van der Waals surface area contributed by atoms with E-state index in [0.717, 1.165) is 11.3 Å². The first-order valence-corrected chi connectivity index (χ1v) is 5.90. The van der Waals surface area contributed by atoms with E-state index in [1.54, 1.807) is 5.48 Å². The number of para-hydroxylation sites is 1. The van der Waals surface area contributed by atoms with Crippen molar-refractivity contribution < 1.29 is 19.5 Å². The number of rotatable bonds is 2. The third-order valence-corrected chi connectivity index (χ3v) is 3.42. The Morgan fingerprint density at radius 1 is 1.47 bits per heavy atom. The second-order valence-corrected chi connectivity index (χ2v) is 4.85. The van der Waals surface area contributed by atoms with Gasteiger partial charge in [0.25, 0.3) is 0 Å². The minimum Gasteiger partial charge on any atom is -0.452 e. The van der Waals surface area contributed by atoms with Gasteiger partial charge in [-0.2, -0.15) is 0 Å². The topological polar surface area (TPSA) is 78.9 Å². The number of benzene rings is 1. The third kappa shape index (κ3) is 2.26. The molecule has 6 heteroatoms. The van der Waals surface area contributed by atoms with Crippen LogP contribution in [0.3, 0.4) is 0 Å². The van der Waals surface area contributed by atoms with Crippen molar-refractivity contribution in [3.8, 4) is 0 Å². The monoisotopic (exact) mass is 264 g/mol. The zero-order chi connectivity index (χ0) is 14.0. The first kappa shape index (κ1) is 13.4. The normalized spacial score (nSPS) is 20.9. The van der Waals surface area contributed by atoms with Crippen molar-refractivity contribution in [3.05, 3.63) is 29.8 Å². The molecular formula is C13H16N2O4. The maximum Gasteiger partial charge on any atom is 0.414 e. The lowest BCUT2D eigenvalue weighted by Crippen LogP contribution is -2.38. The molecule has 2 N–H and O–H groups in total. The molecule has 19 heavy (non-hydrogen) atoms. The average molecular weight is 264 g/mol. The number of carbonyl (C=O) groups excluding carboxylic acids is 2. The Bertz CT molecular complexity index is 517. The van der Waals surface area contributed by atoms with E-state index >= 15 is 0 Å². The van der Waals surface area contributed by atoms with Crippen LogP contribution in [-0.2, 0) is 14.9 Å². The Balaban J connectivity index is 2.39. The summed E-state index contributed by atoms with van der Waals surface area (Å²) in [6, 6.07) is 7.37. The highest BCUT2D eigenvalue weighted by atomic mass is 16.5. The van der Waals surface area contributed by atoms with Gasteiger partial charge in [0.15, 0.2) is 0 Å². The summed E-state index contributed by atoms with van der Waals surface area (Å²) in [6.07, 6.45) is -0.367. The minimum absolute atomic E-state index is 0.0913. The average Bonchev–Trinajstić information content (AvgIpc) is 2.72. The zero-order valence-corrected chi connectivity index (χ0v) is 10.8. The number of carbonyl (C=O) groups is 2. The van der Waals surface area contributed by atoms with Gasteiger partial charge in [-0.3, -0.25) is 14.9 Å². The summed E-state index contributed by atoms with van der Waals surface area (Å²) < 4.78 is 4.75. The molecule has 0 fully saturated rings. The molecule has 0 aromatic heterocycles. The maximum absolute atomic E-state index is 11.8. The Morgan fingerprint density at radius 3 is 2.79 bits per heavy atom. The molecule has 6 nitrogen and oxygen atoms in total. The van der Waals surface area contributed by atoms with Crippen molar-refractivity contribution in [2.75, 3.05) is 18.6 Å².